The first kappa shape index (κ1) is 14.2. The minimum absolute atomic E-state index is 0.0191. The van der Waals surface area contributed by atoms with Crippen LogP contribution in [0.2, 0.25) is 5.02 Å². The number of halogens is 2. The lowest BCUT2D eigenvalue weighted by atomic mass is 10.3. The van der Waals surface area contributed by atoms with Crippen LogP contribution >= 0.6 is 27.5 Å². The number of rotatable bonds is 3. The molecule has 0 aliphatic rings. The molecule has 4 nitrogen and oxygen atoms in total. The van der Waals surface area contributed by atoms with Crippen molar-refractivity contribution in [2.75, 3.05) is 4.72 Å². The summed E-state index contributed by atoms with van der Waals surface area (Å²) in [7, 11) is -3.75. The summed E-state index contributed by atoms with van der Waals surface area (Å²) in [5.41, 5.74) is 0.368. The van der Waals surface area contributed by atoms with Crippen LogP contribution in [0.25, 0.3) is 0 Å². The van der Waals surface area contributed by atoms with E-state index in [0.717, 1.165) is 0 Å². The molecule has 0 spiro atoms. The van der Waals surface area contributed by atoms with E-state index in [-0.39, 0.29) is 10.6 Å². The number of hydrogen-bond donors (Lipinski definition) is 2. The molecule has 2 rings (SSSR count). The third-order valence-corrected chi connectivity index (χ3v) is 4.56. The summed E-state index contributed by atoms with van der Waals surface area (Å²) in [6, 6.07) is 10.1. The highest BCUT2D eigenvalue weighted by atomic mass is 79.9. The Morgan fingerprint density at radius 3 is 2.53 bits per heavy atom. The Morgan fingerprint density at radius 1 is 1.16 bits per heavy atom. The zero-order chi connectivity index (χ0) is 14.0. The Morgan fingerprint density at radius 2 is 1.89 bits per heavy atom. The minimum atomic E-state index is -3.75. The van der Waals surface area contributed by atoms with Crippen molar-refractivity contribution in [3.05, 3.63) is 52.0 Å². The second kappa shape index (κ2) is 5.40. The molecular weight excluding hydrogens is 354 g/mol. The van der Waals surface area contributed by atoms with E-state index >= 15 is 0 Å². The largest absolute Gasteiger partial charge is 0.508 e. The van der Waals surface area contributed by atoms with Crippen molar-refractivity contribution >= 4 is 43.2 Å². The summed E-state index contributed by atoms with van der Waals surface area (Å²) in [5, 5.41) is 9.81. The second-order valence-corrected chi connectivity index (χ2v) is 6.70. The predicted molar refractivity (Wildman–Crippen MR) is 78.1 cm³/mol. The van der Waals surface area contributed by atoms with Crippen molar-refractivity contribution in [2.45, 2.75) is 4.90 Å². The van der Waals surface area contributed by atoms with Gasteiger partial charge < -0.3 is 5.11 Å². The van der Waals surface area contributed by atoms with Gasteiger partial charge in [0.2, 0.25) is 0 Å². The number of hydrogen-bond acceptors (Lipinski definition) is 3. The number of anilines is 1. The number of nitrogens with one attached hydrogen (secondary N) is 1. The van der Waals surface area contributed by atoms with Crippen molar-refractivity contribution in [3.63, 3.8) is 0 Å². The van der Waals surface area contributed by atoms with Gasteiger partial charge in [0.25, 0.3) is 10.0 Å². The van der Waals surface area contributed by atoms with Gasteiger partial charge in [-0.15, -0.1) is 0 Å². The highest BCUT2D eigenvalue weighted by Gasteiger charge is 2.16. The molecule has 0 radical (unpaired) electrons. The van der Waals surface area contributed by atoms with Gasteiger partial charge in [-0.05, 0) is 46.3 Å². The fourth-order valence-electron chi connectivity index (χ4n) is 1.43. The fraction of sp³-hybridized carbons (Fsp3) is 0. The Kier molecular flexibility index (Phi) is 4.03. The molecule has 2 aromatic carbocycles. The maximum atomic E-state index is 12.1. The van der Waals surface area contributed by atoms with Crippen molar-refractivity contribution in [1.82, 2.24) is 0 Å². The van der Waals surface area contributed by atoms with Crippen LogP contribution in [0.1, 0.15) is 0 Å². The molecule has 19 heavy (non-hydrogen) atoms. The first-order valence-corrected chi connectivity index (χ1v) is 7.81. The summed E-state index contributed by atoms with van der Waals surface area (Å²) in [5.74, 6) is -0.113. The van der Waals surface area contributed by atoms with E-state index in [4.69, 9.17) is 11.6 Å². The van der Waals surface area contributed by atoms with E-state index in [2.05, 4.69) is 20.7 Å². The van der Waals surface area contributed by atoms with Crippen LogP contribution in [0.5, 0.6) is 5.75 Å². The Balaban J connectivity index is 2.36. The molecule has 2 N–H and O–H groups in total. The average molecular weight is 363 g/mol. The number of aromatic hydroxyl groups is 1. The van der Waals surface area contributed by atoms with Gasteiger partial charge in [0.1, 0.15) is 5.75 Å². The van der Waals surface area contributed by atoms with Gasteiger partial charge in [0.05, 0.1) is 10.6 Å². The first-order valence-electron chi connectivity index (χ1n) is 5.15. The second-order valence-electron chi connectivity index (χ2n) is 3.73. The van der Waals surface area contributed by atoms with E-state index < -0.39 is 10.0 Å². The smallest absolute Gasteiger partial charge is 0.262 e. The molecule has 0 aliphatic heterocycles. The van der Waals surface area contributed by atoms with Crippen LogP contribution in [0.3, 0.4) is 0 Å². The van der Waals surface area contributed by atoms with E-state index in [1.54, 1.807) is 18.2 Å². The zero-order valence-electron chi connectivity index (χ0n) is 9.47. The molecule has 7 heteroatoms. The molecule has 0 aliphatic carbocycles. The Hall–Kier alpha value is -1.24. The third kappa shape index (κ3) is 3.40. The van der Waals surface area contributed by atoms with Crippen LogP contribution in [0.15, 0.2) is 51.8 Å². The molecule has 0 fully saturated rings. The maximum absolute atomic E-state index is 12.1. The number of phenolic OH excluding ortho intramolecular Hbond substituents is 1. The van der Waals surface area contributed by atoms with Gasteiger partial charge in [0.15, 0.2) is 0 Å². The normalized spacial score (nSPS) is 11.3. The van der Waals surface area contributed by atoms with Gasteiger partial charge in [-0.2, -0.15) is 0 Å². The van der Waals surface area contributed by atoms with Crippen LogP contribution in [0, 0.1) is 0 Å². The van der Waals surface area contributed by atoms with Gasteiger partial charge in [-0.1, -0.05) is 17.7 Å². The van der Waals surface area contributed by atoms with E-state index in [1.165, 1.54) is 24.3 Å². The lowest BCUT2D eigenvalue weighted by Gasteiger charge is -2.10. The van der Waals surface area contributed by atoms with Gasteiger partial charge >= 0.3 is 0 Å². The summed E-state index contributed by atoms with van der Waals surface area (Å²) in [4.78, 5) is -0.0191. The summed E-state index contributed by atoms with van der Waals surface area (Å²) >= 11 is 9.01. The fourth-order valence-corrected chi connectivity index (χ4v) is 3.46. The summed E-state index contributed by atoms with van der Waals surface area (Å²) in [6.07, 6.45) is 0. The standard InChI is InChI=1S/C12H9BrClNO3S/c13-11-6-8(14)4-5-12(11)15-19(17,18)10-3-1-2-9(16)7-10/h1-7,15-16H. The Bertz CT molecular complexity index is 719. The highest BCUT2D eigenvalue weighted by Crippen LogP contribution is 2.28. The third-order valence-electron chi connectivity index (χ3n) is 2.30. The van der Waals surface area contributed by atoms with Crippen LogP contribution in [-0.2, 0) is 10.0 Å². The van der Waals surface area contributed by atoms with Gasteiger partial charge in [-0.25, -0.2) is 8.42 Å². The number of phenols is 1. The molecule has 0 aromatic heterocycles. The topological polar surface area (TPSA) is 66.4 Å². The zero-order valence-corrected chi connectivity index (χ0v) is 12.6. The molecule has 2 aromatic rings. The number of sulfonamides is 1. The predicted octanol–water partition coefficient (Wildman–Crippen LogP) is 3.61. The SMILES string of the molecule is O=S(=O)(Nc1ccc(Cl)cc1Br)c1cccc(O)c1. The van der Waals surface area contributed by atoms with Crippen LogP contribution in [0.4, 0.5) is 5.69 Å². The highest BCUT2D eigenvalue weighted by molar-refractivity contribution is 9.10. The lowest BCUT2D eigenvalue weighted by Crippen LogP contribution is -2.13. The van der Waals surface area contributed by atoms with Crippen LogP contribution in [-0.4, -0.2) is 13.5 Å². The maximum Gasteiger partial charge on any atom is 0.262 e. The minimum Gasteiger partial charge on any atom is -0.508 e. The van der Waals surface area contributed by atoms with E-state index in [1.807, 2.05) is 0 Å². The summed E-state index contributed by atoms with van der Waals surface area (Å²) < 4.78 is 27.2. The van der Waals surface area contributed by atoms with Gasteiger partial charge in [-0.3, -0.25) is 4.72 Å². The molecule has 0 unspecified atom stereocenters. The molecule has 0 heterocycles. The number of benzene rings is 2. The Labute approximate surface area is 124 Å². The lowest BCUT2D eigenvalue weighted by molar-refractivity contribution is 0.473. The van der Waals surface area contributed by atoms with E-state index in [9.17, 15) is 13.5 Å². The van der Waals surface area contributed by atoms with Crippen LogP contribution < -0.4 is 4.72 Å². The van der Waals surface area contributed by atoms with Crippen molar-refractivity contribution in [1.29, 1.82) is 0 Å². The summed E-state index contributed by atoms with van der Waals surface area (Å²) in [6.45, 7) is 0. The molecule has 0 saturated heterocycles. The molecule has 0 bridgehead atoms. The molecule has 0 amide bonds. The molecule has 0 atom stereocenters. The quantitative estimate of drug-likeness (QED) is 0.876. The van der Waals surface area contributed by atoms with Crippen molar-refractivity contribution in [3.8, 4) is 5.75 Å². The average Bonchev–Trinajstić information content (AvgIpc) is 2.33. The molecule has 0 saturated carbocycles. The monoisotopic (exact) mass is 361 g/mol. The molecular formula is C12H9BrClNO3S. The van der Waals surface area contributed by atoms with E-state index in [0.29, 0.717) is 15.2 Å². The first-order chi connectivity index (χ1) is 8.88. The van der Waals surface area contributed by atoms with Crippen molar-refractivity contribution in [2.24, 2.45) is 0 Å². The van der Waals surface area contributed by atoms with Crippen molar-refractivity contribution < 1.29 is 13.5 Å². The van der Waals surface area contributed by atoms with Gasteiger partial charge in [0, 0.05) is 15.6 Å². The molecule has 100 valence electrons.